The fraction of sp³-hybridized carbons (Fsp3) is 0.286. The zero-order chi connectivity index (χ0) is 22.1. The second-order valence-corrected chi connectivity index (χ2v) is 8.09. The summed E-state index contributed by atoms with van der Waals surface area (Å²) in [5, 5.41) is 3.66. The van der Waals surface area contributed by atoms with Gasteiger partial charge in [-0.25, -0.2) is 9.00 Å². The molecule has 1 saturated heterocycles. The molecule has 0 radical (unpaired) electrons. The lowest BCUT2D eigenvalue weighted by Gasteiger charge is -2.17. The van der Waals surface area contributed by atoms with Gasteiger partial charge >= 0.3 is 6.16 Å². The van der Waals surface area contributed by atoms with Crippen LogP contribution in [-0.4, -0.2) is 44.9 Å². The maximum absolute atomic E-state index is 12.1. The van der Waals surface area contributed by atoms with E-state index in [1.165, 1.54) is 0 Å². The van der Waals surface area contributed by atoms with Gasteiger partial charge in [0.05, 0.1) is 4.90 Å². The molecule has 2 atom stereocenters. The van der Waals surface area contributed by atoms with Crippen LogP contribution in [0.15, 0.2) is 41.3 Å². The second kappa shape index (κ2) is 8.48. The Morgan fingerprint density at radius 1 is 1.13 bits per heavy atom. The number of benzene rings is 2. The lowest BCUT2D eigenvalue weighted by atomic mass is 9.97. The zero-order valence-electron chi connectivity index (χ0n) is 16.6. The largest absolute Gasteiger partial charge is 0.533 e. The minimum Gasteiger partial charge on any atom is -0.432 e. The van der Waals surface area contributed by atoms with Crippen LogP contribution in [0.5, 0.6) is 0 Å². The van der Waals surface area contributed by atoms with Crippen LogP contribution in [0.1, 0.15) is 36.8 Å². The van der Waals surface area contributed by atoms with Gasteiger partial charge in [-0.15, -0.1) is 0 Å². The van der Waals surface area contributed by atoms with Crippen LogP contribution in [0.25, 0.3) is 11.1 Å². The summed E-state index contributed by atoms with van der Waals surface area (Å²) in [5.74, 6) is -1.60. The molecule has 4 rings (SSSR count). The van der Waals surface area contributed by atoms with Crippen molar-refractivity contribution in [2.24, 2.45) is 0 Å². The molecule has 0 saturated carbocycles. The summed E-state index contributed by atoms with van der Waals surface area (Å²) < 4.78 is 26.3. The van der Waals surface area contributed by atoms with Crippen molar-refractivity contribution in [2.75, 3.05) is 18.5 Å². The standard InChI is InChI=1S/C21H20N2O7S/c1-2-22-12-3-5-14-15-6-4-13(31(27)28)10-17(15)18(16(14)9-12)11-29-21(26)30-23-19(24)7-8-20(23)25/h3-6,9-10,18,22H,2,7-8,11H2,1H3,(H,27,28). The molecule has 1 aliphatic heterocycles. The average Bonchev–Trinajstić information content (AvgIpc) is 3.23. The molecule has 2 aromatic rings. The first-order valence-corrected chi connectivity index (χ1v) is 10.8. The molecule has 1 fully saturated rings. The topological polar surface area (TPSA) is 122 Å². The van der Waals surface area contributed by atoms with Crippen LogP contribution in [0.4, 0.5) is 10.5 Å². The van der Waals surface area contributed by atoms with Crippen molar-refractivity contribution in [3.63, 3.8) is 0 Å². The zero-order valence-corrected chi connectivity index (χ0v) is 17.4. The van der Waals surface area contributed by atoms with Gasteiger partial charge in [0.1, 0.15) is 6.61 Å². The van der Waals surface area contributed by atoms with E-state index in [0.717, 1.165) is 34.5 Å². The molecule has 31 heavy (non-hydrogen) atoms. The summed E-state index contributed by atoms with van der Waals surface area (Å²) in [6.07, 6.45) is -1.18. The van der Waals surface area contributed by atoms with Gasteiger partial charge in [-0.1, -0.05) is 17.2 Å². The third-order valence-corrected chi connectivity index (χ3v) is 5.89. The highest BCUT2D eigenvalue weighted by Gasteiger charge is 2.35. The average molecular weight is 444 g/mol. The van der Waals surface area contributed by atoms with Crippen molar-refractivity contribution >= 4 is 34.7 Å². The van der Waals surface area contributed by atoms with E-state index in [1.54, 1.807) is 18.2 Å². The SMILES string of the molecule is CCNc1ccc2c(c1)C(COC(=O)ON1C(=O)CCC1=O)c1cc(S(=O)O)ccc1-2. The van der Waals surface area contributed by atoms with Crippen LogP contribution >= 0.6 is 0 Å². The fourth-order valence-corrected chi connectivity index (χ4v) is 4.26. The summed E-state index contributed by atoms with van der Waals surface area (Å²) in [4.78, 5) is 40.4. The van der Waals surface area contributed by atoms with Crippen molar-refractivity contribution in [1.82, 2.24) is 5.06 Å². The monoisotopic (exact) mass is 444 g/mol. The lowest BCUT2D eigenvalue weighted by Crippen LogP contribution is -2.32. The van der Waals surface area contributed by atoms with Crippen molar-refractivity contribution in [3.8, 4) is 11.1 Å². The normalized spacial score (nSPS) is 17.9. The minimum atomic E-state index is -2.16. The Morgan fingerprint density at radius 3 is 2.42 bits per heavy atom. The number of anilines is 1. The molecule has 2 aromatic carbocycles. The number of imide groups is 1. The minimum absolute atomic E-state index is 0.0101. The van der Waals surface area contributed by atoms with Crippen LogP contribution in [0, 0.1) is 0 Å². The highest BCUT2D eigenvalue weighted by Crippen LogP contribution is 2.46. The van der Waals surface area contributed by atoms with Crippen LogP contribution in [-0.2, 0) is 30.2 Å². The first kappa shape index (κ1) is 21.0. The van der Waals surface area contributed by atoms with E-state index >= 15 is 0 Å². The number of carbonyl (C=O) groups is 3. The number of hydroxylamine groups is 2. The Morgan fingerprint density at radius 2 is 1.77 bits per heavy atom. The van der Waals surface area contributed by atoms with E-state index < -0.39 is 35.0 Å². The molecule has 1 heterocycles. The third kappa shape index (κ3) is 4.04. The van der Waals surface area contributed by atoms with Crippen LogP contribution < -0.4 is 5.32 Å². The van der Waals surface area contributed by atoms with E-state index in [9.17, 15) is 23.1 Å². The predicted octanol–water partition coefficient (Wildman–Crippen LogP) is 3.03. The molecule has 2 amide bonds. The van der Waals surface area contributed by atoms with Crippen molar-refractivity contribution in [3.05, 3.63) is 47.5 Å². The molecule has 1 aliphatic carbocycles. The first-order valence-electron chi connectivity index (χ1n) is 9.72. The van der Waals surface area contributed by atoms with E-state index in [2.05, 4.69) is 5.32 Å². The maximum atomic E-state index is 12.1. The van der Waals surface area contributed by atoms with Gasteiger partial charge in [0.15, 0.2) is 11.1 Å². The number of nitrogens with zero attached hydrogens (tertiary/aromatic N) is 1. The fourth-order valence-electron chi connectivity index (χ4n) is 3.85. The maximum Gasteiger partial charge on any atom is 0.533 e. The van der Waals surface area contributed by atoms with Gasteiger partial charge in [-0.2, -0.15) is 0 Å². The van der Waals surface area contributed by atoms with Gasteiger partial charge in [0.2, 0.25) is 0 Å². The first-order chi connectivity index (χ1) is 14.9. The molecule has 9 nitrogen and oxygen atoms in total. The summed E-state index contributed by atoms with van der Waals surface area (Å²) in [7, 11) is 0. The van der Waals surface area contributed by atoms with Gasteiger partial charge < -0.3 is 14.6 Å². The van der Waals surface area contributed by atoms with E-state index in [4.69, 9.17) is 9.57 Å². The number of carbonyl (C=O) groups excluding carboxylic acids is 3. The molecule has 0 aromatic heterocycles. The Kier molecular flexibility index (Phi) is 5.75. The molecular weight excluding hydrogens is 424 g/mol. The van der Waals surface area contributed by atoms with Crippen molar-refractivity contribution in [2.45, 2.75) is 30.6 Å². The molecule has 162 valence electrons. The Hall–Kier alpha value is -3.24. The van der Waals surface area contributed by atoms with E-state index in [0.29, 0.717) is 5.06 Å². The Balaban J connectivity index is 1.60. The molecule has 0 bridgehead atoms. The lowest BCUT2D eigenvalue weighted by molar-refractivity contribution is -0.177. The van der Waals surface area contributed by atoms with Crippen molar-refractivity contribution < 1.29 is 32.7 Å². The predicted molar refractivity (Wildman–Crippen MR) is 110 cm³/mol. The number of nitrogens with one attached hydrogen (secondary N) is 1. The number of fused-ring (bicyclic) bond motifs is 3. The Labute approximate surface area is 180 Å². The molecule has 2 N–H and O–H groups in total. The molecule has 2 aliphatic rings. The molecule has 2 unspecified atom stereocenters. The van der Waals surface area contributed by atoms with Gasteiger partial charge in [0.25, 0.3) is 11.8 Å². The van der Waals surface area contributed by atoms with Gasteiger partial charge in [-0.3, -0.25) is 14.4 Å². The number of hydrogen-bond acceptors (Lipinski definition) is 7. The van der Waals surface area contributed by atoms with Gasteiger partial charge in [0, 0.05) is 31.0 Å². The Bertz CT molecular complexity index is 1090. The molecule has 0 spiro atoms. The van der Waals surface area contributed by atoms with Crippen LogP contribution in [0.3, 0.4) is 0 Å². The summed E-state index contributed by atoms with van der Waals surface area (Å²) in [6, 6.07) is 10.8. The van der Waals surface area contributed by atoms with Crippen molar-refractivity contribution in [1.29, 1.82) is 0 Å². The highest BCUT2D eigenvalue weighted by molar-refractivity contribution is 7.79. The number of rotatable bonds is 6. The third-order valence-electron chi connectivity index (χ3n) is 5.24. The summed E-state index contributed by atoms with van der Waals surface area (Å²) in [5.41, 5.74) is 4.32. The highest BCUT2D eigenvalue weighted by atomic mass is 32.2. The number of ether oxygens (including phenoxy) is 1. The molecule has 10 heteroatoms. The summed E-state index contributed by atoms with van der Waals surface area (Å²) >= 11 is -2.16. The molecular formula is C21H20N2O7S. The second-order valence-electron chi connectivity index (χ2n) is 7.12. The smallest absolute Gasteiger partial charge is 0.432 e. The number of hydrogen-bond donors (Lipinski definition) is 2. The van der Waals surface area contributed by atoms with E-state index in [-0.39, 0.29) is 24.3 Å². The van der Waals surface area contributed by atoms with Crippen LogP contribution in [0.2, 0.25) is 0 Å². The summed E-state index contributed by atoms with van der Waals surface area (Å²) in [6.45, 7) is 2.57. The quantitative estimate of drug-likeness (QED) is 0.396. The number of amides is 2. The van der Waals surface area contributed by atoms with Gasteiger partial charge in [-0.05, 0) is 53.4 Å². The van der Waals surface area contributed by atoms with E-state index in [1.807, 2.05) is 25.1 Å².